The molecule has 0 amide bonds. The molecule has 4 heterocycles. The number of anilines is 4. The predicted octanol–water partition coefficient (Wildman–Crippen LogP) is 9.50. The molecule has 10 rings (SSSR count). The number of imidazole rings is 1. The Labute approximate surface area is 298 Å². The molecule has 6 aromatic carbocycles. The summed E-state index contributed by atoms with van der Waals surface area (Å²) < 4.78 is 2.34. The number of aromatic nitrogens is 2. The van der Waals surface area contributed by atoms with Gasteiger partial charge < -0.3 is 24.2 Å². The van der Waals surface area contributed by atoms with Crippen LogP contribution in [0.2, 0.25) is 0 Å². The van der Waals surface area contributed by atoms with E-state index in [0.717, 1.165) is 57.3 Å². The lowest BCUT2D eigenvalue weighted by Gasteiger charge is -2.42. The van der Waals surface area contributed by atoms with E-state index in [-0.39, 0.29) is 18.1 Å². The second-order valence-electron chi connectivity index (χ2n) is 14.7. The number of hydrogen-bond acceptors (Lipinski definition) is 5. The SMILES string of the molecule is CC(C)(C)c1cc(-c2cccc3c2nc2n3B3c4ccccc4-c4ccccc4N3c3cccc(O)c3-2)cc(N2C=CN(c3ccccc3)C2)c1. The number of benzene rings is 6. The van der Waals surface area contributed by atoms with Gasteiger partial charge in [-0.05, 0) is 76.1 Å². The molecule has 0 saturated carbocycles. The van der Waals surface area contributed by atoms with Crippen LogP contribution in [0.5, 0.6) is 5.75 Å². The summed E-state index contributed by atoms with van der Waals surface area (Å²) in [4.78, 5) is 12.4. The van der Waals surface area contributed by atoms with Crippen molar-refractivity contribution < 1.29 is 5.11 Å². The van der Waals surface area contributed by atoms with Crippen molar-refractivity contribution in [3.05, 3.63) is 151 Å². The molecule has 3 aliphatic heterocycles. The minimum atomic E-state index is -0.184. The van der Waals surface area contributed by atoms with Crippen molar-refractivity contribution in [2.24, 2.45) is 0 Å². The van der Waals surface area contributed by atoms with Gasteiger partial charge in [0.05, 0.1) is 23.3 Å². The van der Waals surface area contributed by atoms with Gasteiger partial charge in [-0.1, -0.05) is 106 Å². The molecule has 0 bridgehead atoms. The third-order valence-electron chi connectivity index (χ3n) is 10.7. The van der Waals surface area contributed by atoms with Gasteiger partial charge in [0.15, 0.2) is 0 Å². The van der Waals surface area contributed by atoms with E-state index in [1.165, 1.54) is 27.8 Å². The van der Waals surface area contributed by atoms with E-state index in [9.17, 15) is 5.11 Å². The summed E-state index contributed by atoms with van der Waals surface area (Å²) in [5, 5.41) is 11.5. The number of nitrogens with zero attached hydrogens (tertiary/aromatic N) is 5. The number of phenolic OH excluding ortho intramolecular Hbond substituents is 1. The average Bonchev–Trinajstić information content (AvgIpc) is 3.81. The van der Waals surface area contributed by atoms with Crippen molar-refractivity contribution in [3.63, 3.8) is 0 Å². The summed E-state index contributed by atoms with van der Waals surface area (Å²) in [6, 6.07) is 47.1. The van der Waals surface area contributed by atoms with Crippen molar-refractivity contribution in [1.29, 1.82) is 0 Å². The van der Waals surface area contributed by atoms with Crippen LogP contribution in [0.25, 0.3) is 44.7 Å². The fourth-order valence-electron chi connectivity index (χ4n) is 8.14. The lowest BCUT2D eigenvalue weighted by atomic mass is 9.58. The molecule has 6 nitrogen and oxygen atoms in total. The van der Waals surface area contributed by atoms with Gasteiger partial charge in [0.25, 0.3) is 0 Å². The van der Waals surface area contributed by atoms with Crippen molar-refractivity contribution in [2.75, 3.05) is 21.3 Å². The van der Waals surface area contributed by atoms with Crippen LogP contribution in [-0.2, 0) is 5.41 Å². The van der Waals surface area contributed by atoms with Gasteiger partial charge >= 0.3 is 6.98 Å². The normalized spacial score (nSPS) is 14.3. The van der Waals surface area contributed by atoms with E-state index in [2.05, 4.69) is 174 Å². The van der Waals surface area contributed by atoms with Crippen LogP contribution in [0.3, 0.4) is 0 Å². The van der Waals surface area contributed by atoms with Crippen LogP contribution in [0, 0.1) is 0 Å². The van der Waals surface area contributed by atoms with Gasteiger partial charge in [0.1, 0.15) is 11.6 Å². The minimum absolute atomic E-state index is 0.0704. The fraction of sp³-hybridized carbons (Fsp3) is 0.114. The van der Waals surface area contributed by atoms with E-state index in [1.54, 1.807) is 6.07 Å². The molecule has 7 aromatic rings. The van der Waals surface area contributed by atoms with Crippen molar-refractivity contribution in [2.45, 2.75) is 26.2 Å². The van der Waals surface area contributed by atoms with Gasteiger partial charge in [-0.25, -0.2) is 4.98 Å². The lowest BCUT2D eigenvalue weighted by Crippen LogP contribution is -2.56. The number of fused-ring (bicyclic) bond motifs is 13. The van der Waals surface area contributed by atoms with Gasteiger partial charge in [-0.15, -0.1) is 0 Å². The molecule has 51 heavy (non-hydrogen) atoms. The quantitative estimate of drug-likeness (QED) is 0.191. The Morgan fingerprint density at radius 1 is 0.647 bits per heavy atom. The van der Waals surface area contributed by atoms with Crippen LogP contribution in [0.4, 0.5) is 22.7 Å². The van der Waals surface area contributed by atoms with E-state index in [0.29, 0.717) is 0 Å². The van der Waals surface area contributed by atoms with E-state index < -0.39 is 0 Å². The summed E-state index contributed by atoms with van der Waals surface area (Å²) in [6.07, 6.45) is 4.32. The van der Waals surface area contributed by atoms with E-state index >= 15 is 0 Å². The Bertz CT molecular complexity index is 2550. The minimum Gasteiger partial charge on any atom is -0.507 e. The largest absolute Gasteiger partial charge is 0.507 e. The first kappa shape index (κ1) is 29.7. The summed E-state index contributed by atoms with van der Waals surface area (Å²) in [6.45, 7) is 7.36. The van der Waals surface area contributed by atoms with Gasteiger partial charge in [-0.2, -0.15) is 0 Å². The number of hydrogen-bond donors (Lipinski definition) is 1. The molecule has 0 fully saturated rings. The first-order valence-electron chi connectivity index (χ1n) is 17.6. The van der Waals surface area contributed by atoms with Crippen molar-refractivity contribution in [1.82, 2.24) is 9.46 Å². The first-order valence-corrected chi connectivity index (χ1v) is 17.6. The van der Waals surface area contributed by atoms with Gasteiger partial charge in [0, 0.05) is 46.3 Å². The standard InChI is InChI=1S/C44H36BN5O/c1-44(2,3)30-25-29(26-32(27-30)48-24-23-47(28-48)31-13-5-4-6-14-31)33-17-11-21-39-42(33)46-43-41-38(20-12-22-40(41)51)49-37-19-10-8-16-35(37)34-15-7-9-18-36(34)45(49)50(39)43/h4-27,51H,28H2,1-3H3. The summed E-state index contributed by atoms with van der Waals surface area (Å²) in [5.41, 5.74) is 14.0. The number of para-hydroxylation sites is 3. The topological polar surface area (TPSA) is 47.8 Å². The Hall–Kier alpha value is -6.21. The van der Waals surface area contributed by atoms with Crippen LogP contribution in [-0.4, -0.2) is 28.2 Å². The summed E-state index contributed by atoms with van der Waals surface area (Å²) in [5.74, 6) is 0.996. The monoisotopic (exact) mass is 661 g/mol. The van der Waals surface area contributed by atoms with Crippen LogP contribution in [0.15, 0.2) is 146 Å². The lowest BCUT2D eigenvalue weighted by molar-refractivity contribution is 0.477. The van der Waals surface area contributed by atoms with Gasteiger partial charge in [0.2, 0.25) is 0 Å². The molecule has 0 aliphatic carbocycles. The van der Waals surface area contributed by atoms with Crippen LogP contribution in [0.1, 0.15) is 26.3 Å². The van der Waals surface area contributed by atoms with Crippen LogP contribution >= 0.6 is 0 Å². The van der Waals surface area contributed by atoms with Gasteiger partial charge in [-0.3, -0.25) is 0 Å². The van der Waals surface area contributed by atoms with Crippen molar-refractivity contribution in [3.8, 4) is 39.4 Å². The Morgan fingerprint density at radius 2 is 1.33 bits per heavy atom. The zero-order valence-corrected chi connectivity index (χ0v) is 28.8. The first-order chi connectivity index (χ1) is 24.8. The molecule has 1 N–H and O–H groups in total. The molecular weight excluding hydrogens is 625 g/mol. The van der Waals surface area contributed by atoms with Crippen LogP contribution < -0.4 is 20.1 Å². The number of phenols is 1. The second kappa shape index (κ2) is 10.9. The zero-order chi connectivity index (χ0) is 34.4. The molecule has 0 radical (unpaired) electrons. The highest BCUT2D eigenvalue weighted by Crippen LogP contribution is 2.50. The third kappa shape index (κ3) is 4.47. The maximum Gasteiger partial charge on any atom is 0.422 e. The predicted molar refractivity (Wildman–Crippen MR) is 211 cm³/mol. The molecule has 0 atom stereocenters. The van der Waals surface area contributed by atoms with Crippen molar-refractivity contribution >= 4 is 46.2 Å². The highest BCUT2D eigenvalue weighted by molar-refractivity contribution is 6.80. The Kier molecular flexibility index (Phi) is 6.34. The molecule has 1 aromatic heterocycles. The van der Waals surface area contributed by atoms with E-state index in [1.807, 2.05) is 6.07 Å². The second-order valence-corrected chi connectivity index (χ2v) is 14.7. The molecule has 0 unspecified atom stereocenters. The average molecular weight is 662 g/mol. The number of aromatic hydroxyl groups is 1. The highest BCUT2D eigenvalue weighted by atomic mass is 16.3. The maximum absolute atomic E-state index is 11.5. The molecule has 246 valence electrons. The third-order valence-corrected chi connectivity index (χ3v) is 10.7. The number of rotatable bonds is 3. The molecule has 0 spiro atoms. The van der Waals surface area contributed by atoms with E-state index in [4.69, 9.17) is 4.98 Å². The Balaban J connectivity index is 1.18. The molecule has 3 aliphatic rings. The maximum atomic E-state index is 11.5. The summed E-state index contributed by atoms with van der Waals surface area (Å²) in [7, 11) is 0. The fourth-order valence-corrected chi connectivity index (χ4v) is 8.14. The zero-order valence-electron chi connectivity index (χ0n) is 28.8. The molecule has 0 saturated heterocycles. The molecular formula is C44H36BN5O. The summed E-state index contributed by atoms with van der Waals surface area (Å²) >= 11 is 0. The smallest absolute Gasteiger partial charge is 0.422 e. The molecule has 7 heteroatoms. The Morgan fingerprint density at radius 3 is 2.16 bits per heavy atom. The highest BCUT2D eigenvalue weighted by Gasteiger charge is 2.45.